The molecule has 2 aromatic carbocycles. The normalized spacial score (nSPS) is 12.3. The fourth-order valence-electron chi connectivity index (χ4n) is 3.99. The molecule has 21 heteroatoms. The van der Waals surface area contributed by atoms with Crippen LogP contribution < -0.4 is 10.6 Å². The van der Waals surface area contributed by atoms with Crippen molar-refractivity contribution in [3.05, 3.63) is 65.6 Å². The van der Waals surface area contributed by atoms with E-state index >= 15 is 0 Å². The van der Waals surface area contributed by atoms with Crippen LogP contribution in [0.25, 0.3) is 0 Å². The maximum Gasteiger partial charge on any atom is 0.296 e. The molecule has 3 aromatic rings. The van der Waals surface area contributed by atoms with Crippen LogP contribution in [0.15, 0.2) is 84.7 Å². The van der Waals surface area contributed by atoms with Gasteiger partial charge in [0.25, 0.3) is 20.2 Å². The van der Waals surface area contributed by atoms with Gasteiger partial charge in [0, 0.05) is 37.8 Å². The second kappa shape index (κ2) is 17.8. The Morgan fingerprint density at radius 3 is 2.16 bits per heavy atom. The van der Waals surface area contributed by atoms with Crippen LogP contribution in [0.5, 0.6) is 0 Å². The summed E-state index contributed by atoms with van der Waals surface area (Å²) >= 11 is 0. The van der Waals surface area contributed by atoms with Gasteiger partial charge in [-0.3, -0.25) is 9.11 Å². The Morgan fingerprint density at radius 1 is 0.880 bits per heavy atom. The first-order valence-corrected chi connectivity index (χ1v) is 19.1. The van der Waals surface area contributed by atoms with Gasteiger partial charge in [-0.15, -0.1) is 10.2 Å². The number of benzene rings is 2. The number of methoxy groups -OCH3 is 1. The first-order chi connectivity index (χ1) is 23.6. The third-order valence-corrected chi connectivity index (χ3v) is 9.54. The minimum Gasteiger partial charge on any atom is -0.385 e. The smallest absolute Gasteiger partial charge is 0.296 e. The number of sulfone groups is 1. The van der Waals surface area contributed by atoms with Crippen molar-refractivity contribution < 1.29 is 43.8 Å². The Hall–Kier alpha value is -4.69. The number of pyridine rings is 1. The lowest BCUT2D eigenvalue weighted by Crippen LogP contribution is -2.16. The van der Waals surface area contributed by atoms with E-state index in [1.54, 1.807) is 14.0 Å². The van der Waals surface area contributed by atoms with E-state index in [4.69, 9.17) is 14.0 Å². The molecule has 18 nitrogen and oxygen atoms in total. The van der Waals surface area contributed by atoms with E-state index < -0.39 is 35.0 Å². The summed E-state index contributed by atoms with van der Waals surface area (Å²) in [5.41, 5.74) is 0.438. The summed E-state index contributed by atoms with van der Waals surface area (Å²) in [4.78, 5) is 3.49. The highest BCUT2D eigenvalue weighted by atomic mass is 32.2. The molecule has 1 aromatic heterocycles. The van der Waals surface area contributed by atoms with Crippen LogP contribution in [0.1, 0.15) is 17.5 Å². The Bertz CT molecular complexity index is 2120. The number of anilines is 2. The van der Waals surface area contributed by atoms with Gasteiger partial charge < -0.3 is 20.1 Å². The standard InChI is InChI=1S/C29H34N8O10S3/c1-4-48(38,39)17-16-47-15-13-32-28-24(19-30)20(2)27(29(33-28)31-12-5-14-46-3)37-36-25-11-8-22(18-26(25)50(43,44)45)35-34-21-6-9-23(10-7-21)49(40,41)42/h4,6-11,18H,1,5,12-17H2,2-3H3,(H2,31,32,33)(H,40,41,42)(H,43,44,45)/b35-34+,37-36+. The number of aromatic nitrogens is 1. The van der Waals surface area contributed by atoms with E-state index in [9.17, 15) is 35.1 Å². The Labute approximate surface area is 289 Å². The van der Waals surface area contributed by atoms with Crippen molar-refractivity contribution >= 4 is 64.5 Å². The molecular formula is C29H34N8O10S3. The first kappa shape index (κ1) is 39.7. The summed E-state index contributed by atoms with van der Waals surface area (Å²) in [5, 5.41) is 33.0. The van der Waals surface area contributed by atoms with E-state index in [-0.39, 0.29) is 70.4 Å². The molecule has 0 aliphatic rings. The molecule has 0 atom stereocenters. The molecule has 0 saturated carbocycles. The van der Waals surface area contributed by atoms with Crippen LogP contribution in [-0.4, -0.2) is 85.1 Å². The number of ether oxygens (including phenoxy) is 2. The molecule has 0 aliphatic heterocycles. The number of nitrogens with one attached hydrogen (secondary N) is 2. The van der Waals surface area contributed by atoms with E-state index in [2.05, 4.69) is 48.7 Å². The highest BCUT2D eigenvalue weighted by Gasteiger charge is 2.20. The van der Waals surface area contributed by atoms with E-state index in [0.717, 1.165) is 23.6 Å². The predicted molar refractivity (Wildman–Crippen MR) is 183 cm³/mol. The van der Waals surface area contributed by atoms with Gasteiger partial charge in [-0.25, -0.2) is 13.4 Å². The molecule has 1 heterocycles. The van der Waals surface area contributed by atoms with Gasteiger partial charge in [0.1, 0.15) is 28.2 Å². The molecule has 0 saturated heterocycles. The zero-order chi connectivity index (χ0) is 37.0. The average molecular weight is 751 g/mol. The number of azo groups is 2. The molecule has 0 bridgehead atoms. The van der Waals surface area contributed by atoms with Crippen LogP contribution >= 0.6 is 0 Å². The second-order valence-electron chi connectivity index (χ2n) is 10.1. The number of rotatable bonds is 19. The van der Waals surface area contributed by atoms with Crippen LogP contribution in [-0.2, 0) is 39.5 Å². The molecule has 0 spiro atoms. The number of hydrogen-bond acceptors (Lipinski definition) is 16. The summed E-state index contributed by atoms with van der Waals surface area (Å²) in [7, 11) is -11.1. The molecular weight excluding hydrogens is 717 g/mol. The minimum atomic E-state index is -4.86. The van der Waals surface area contributed by atoms with Gasteiger partial charge in [0.05, 0.1) is 40.8 Å². The first-order valence-electron chi connectivity index (χ1n) is 14.5. The summed E-state index contributed by atoms with van der Waals surface area (Å²) in [6.45, 7) is 5.87. The zero-order valence-corrected chi connectivity index (χ0v) is 29.3. The lowest BCUT2D eigenvalue weighted by atomic mass is 10.1. The van der Waals surface area contributed by atoms with Gasteiger partial charge in [0.2, 0.25) is 0 Å². The van der Waals surface area contributed by atoms with E-state index in [1.807, 2.05) is 0 Å². The molecule has 50 heavy (non-hydrogen) atoms. The fourth-order valence-corrected chi connectivity index (χ4v) is 5.63. The maximum atomic E-state index is 12.3. The molecule has 4 N–H and O–H groups in total. The second-order valence-corrected chi connectivity index (χ2v) is 15.0. The van der Waals surface area contributed by atoms with Crippen molar-refractivity contribution in [2.75, 3.05) is 56.4 Å². The largest absolute Gasteiger partial charge is 0.385 e. The van der Waals surface area contributed by atoms with Crippen LogP contribution in [0.4, 0.5) is 34.4 Å². The Kier molecular flexibility index (Phi) is 14.2. The SMILES string of the molecule is C=CS(=O)(=O)CCOCCNc1nc(NCCCOC)c(/N=N/c2ccc(/N=N/c3ccc(S(=O)(=O)O)cc3)cc2S(=O)(=O)O)c(C)c1C#N. The number of nitriles is 1. The monoisotopic (exact) mass is 750 g/mol. The van der Waals surface area contributed by atoms with Crippen LogP contribution in [0, 0.1) is 18.3 Å². The highest BCUT2D eigenvalue weighted by Crippen LogP contribution is 2.37. The number of nitrogens with zero attached hydrogens (tertiary/aromatic N) is 6. The van der Waals surface area contributed by atoms with Crippen molar-refractivity contribution in [2.24, 2.45) is 20.5 Å². The quantitative estimate of drug-likeness (QED) is 0.0712. The zero-order valence-electron chi connectivity index (χ0n) is 26.8. The lowest BCUT2D eigenvalue weighted by Gasteiger charge is -2.16. The molecule has 3 rings (SSSR count). The molecule has 0 amide bonds. The van der Waals surface area contributed by atoms with Crippen molar-refractivity contribution in [2.45, 2.75) is 23.1 Å². The molecule has 0 unspecified atom stereocenters. The van der Waals surface area contributed by atoms with E-state index in [1.165, 1.54) is 24.3 Å². The maximum absolute atomic E-state index is 12.3. The summed E-state index contributed by atoms with van der Waals surface area (Å²) in [6.07, 6.45) is 0.575. The van der Waals surface area contributed by atoms with Gasteiger partial charge >= 0.3 is 0 Å². The van der Waals surface area contributed by atoms with Crippen molar-refractivity contribution in [1.82, 2.24) is 4.98 Å². The highest BCUT2D eigenvalue weighted by molar-refractivity contribution is 7.94. The van der Waals surface area contributed by atoms with Crippen molar-refractivity contribution in [3.63, 3.8) is 0 Å². The Morgan fingerprint density at radius 2 is 1.54 bits per heavy atom. The predicted octanol–water partition coefficient (Wildman–Crippen LogP) is 5.02. The average Bonchev–Trinajstić information content (AvgIpc) is 3.06. The summed E-state index contributed by atoms with van der Waals surface area (Å²) in [6, 6.07) is 10.4. The summed E-state index contributed by atoms with van der Waals surface area (Å²) in [5.74, 6) is 0.150. The Balaban J connectivity index is 1.92. The van der Waals surface area contributed by atoms with Crippen LogP contribution in [0.2, 0.25) is 0 Å². The molecule has 268 valence electrons. The van der Waals surface area contributed by atoms with Crippen LogP contribution in [0.3, 0.4) is 0 Å². The molecule has 0 radical (unpaired) electrons. The topological polar surface area (TPSA) is 272 Å². The van der Waals surface area contributed by atoms with Gasteiger partial charge in [-0.1, -0.05) is 6.58 Å². The fraction of sp³-hybridized carbons (Fsp3) is 0.310. The van der Waals surface area contributed by atoms with Crippen molar-refractivity contribution in [3.8, 4) is 6.07 Å². The lowest BCUT2D eigenvalue weighted by molar-refractivity contribution is 0.159. The number of hydrogen-bond donors (Lipinski definition) is 4. The molecule has 0 fully saturated rings. The van der Waals surface area contributed by atoms with E-state index in [0.29, 0.717) is 25.1 Å². The third-order valence-electron chi connectivity index (χ3n) is 6.54. The van der Waals surface area contributed by atoms with Crippen molar-refractivity contribution in [1.29, 1.82) is 5.26 Å². The van der Waals surface area contributed by atoms with Gasteiger partial charge in [0.15, 0.2) is 15.7 Å². The third kappa shape index (κ3) is 11.7. The van der Waals surface area contributed by atoms with Gasteiger partial charge in [-0.2, -0.15) is 32.3 Å². The summed E-state index contributed by atoms with van der Waals surface area (Å²) < 4.78 is 99.7. The molecule has 0 aliphatic carbocycles. The minimum absolute atomic E-state index is 0.0118. The van der Waals surface area contributed by atoms with Gasteiger partial charge in [-0.05, 0) is 55.8 Å².